The van der Waals surface area contributed by atoms with Gasteiger partial charge in [0.25, 0.3) is 0 Å². The highest BCUT2D eigenvalue weighted by molar-refractivity contribution is 6.26. The van der Waals surface area contributed by atoms with Crippen LogP contribution in [0.5, 0.6) is 0 Å². The molecule has 2 atom stereocenters. The smallest absolute Gasteiger partial charge is 0.191 e. The molecule has 0 spiro atoms. The van der Waals surface area contributed by atoms with Crippen molar-refractivity contribution in [2.45, 2.75) is 66.4 Å². The summed E-state index contributed by atoms with van der Waals surface area (Å²) in [7, 11) is 0. The maximum atomic E-state index is 12.8. The first-order valence-corrected chi connectivity index (χ1v) is 8.85. The van der Waals surface area contributed by atoms with Crippen molar-refractivity contribution < 1.29 is 24.6 Å². The van der Waals surface area contributed by atoms with Crippen LogP contribution in [-0.4, -0.2) is 33.2 Å². The summed E-state index contributed by atoms with van der Waals surface area (Å²) in [6.07, 6.45) is 2.41. The van der Waals surface area contributed by atoms with Crippen LogP contribution in [0.1, 0.15) is 60.8 Å². The Kier molecular flexibility index (Phi) is 6.89. The minimum atomic E-state index is -2.31. The third-order valence-electron chi connectivity index (χ3n) is 4.57. The van der Waals surface area contributed by atoms with Crippen LogP contribution in [0.2, 0.25) is 0 Å². The summed E-state index contributed by atoms with van der Waals surface area (Å²) in [6.45, 7) is 10.8. The fourth-order valence-electron chi connectivity index (χ4n) is 2.93. The number of ketones is 3. The van der Waals surface area contributed by atoms with Crippen molar-refractivity contribution in [1.29, 1.82) is 0 Å². The summed E-state index contributed by atoms with van der Waals surface area (Å²) in [5.74, 6) is -3.99. The Balaban J connectivity index is 3.37. The second kappa shape index (κ2) is 8.09. The van der Waals surface area contributed by atoms with Crippen LogP contribution in [0.4, 0.5) is 0 Å². The number of aliphatic hydroxyl groups is 2. The number of hydrogen-bond acceptors (Lipinski definition) is 5. The van der Waals surface area contributed by atoms with Gasteiger partial charge >= 0.3 is 0 Å². The Hall–Kier alpha value is -1.75. The molecule has 0 heterocycles. The minimum absolute atomic E-state index is 0.0416. The average Bonchev–Trinajstić information content (AvgIpc) is 2.69. The largest absolute Gasteiger partial charge is 0.508 e. The van der Waals surface area contributed by atoms with E-state index < -0.39 is 46.1 Å². The van der Waals surface area contributed by atoms with E-state index in [9.17, 15) is 24.6 Å². The summed E-state index contributed by atoms with van der Waals surface area (Å²) in [6, 6.07) is 0. The van der Waals surface area contributed by atoms with Gasteiger partial charge in [-0.15, -0.1) is 0 Å². The molecular formula is C20H30O5. The number of hydrogen-bond donors (Lipinski definition) is 2. The van der Waals surface area contributed by atoms with Crippen molar-refractivity contribution in [2.75, 3.05) is 0 Å². The summed E-state index contributed by atoms with van der Waals surface area (Å²) in [4.78, 5) is 37.8. The van der Waals surface area contributed by atoms with Gasteiger partial charge in [0.15, 0.2) is 23.0 Å². The van der Waals surface area contributed by atoms with Crippen LogP contribution in [-0.2, 0) is 14.4 Å². The van der Waals surface area contributed by atoms with E-state index in [0.717, 1.165) is 5.57 Å². The molecular weight excluding hydrogens is 320 g/mol. The van der Waals surface area contributed by atoms with E-state index in [1.54, 1.807) is 19.9 Å². The predicted molar refractivity (Wildman–Crippen MR) is 96.1 cm³/mol. The van der Waals surface area contributed by atoms with Gasteiger partial charge in [0, 0.05) is 12.3 Å². The number of allylic oxidation sites excluding steroid dienone is 3. The summed E-state index contributed by atoms with van der Waals surface area (Å²) < 4.78 is 0. The molecule has 0 unspecified atom stereocenters. The maximum Gasteiger partial charge on any atom is 0.191 e. The molecule has 5 heteroatoms. The molecule has 25 heavy (non-hydrogen) atoms. The number of rotatable bonds is 8. The zero-order valence-corrected chi connectivity index (χ0v) is 16.0. The van der Waals surface area contributed by atoms with E-state index in [1.807, 2.05) is 27.7 Å². The van der Waals surface area contributed by atoms with E-state index in [2.05, 4.69) is 0 Å². The van der Waals surface area contributed by atoms with Gasteiger partial charge < -0.3 is 10.2 Å². The van der Waals surface area contributed by atoms with E-state index in [4.69, 9.17) is 0 Å². The SMILES string of the molecule is CC(C)=CC[C@H]1C(=O)C(C(=O)C(C)C)=C(O)[C@@]1(O)C(=O)CCC(C)C. The van der Waals surface area contributed by atoms with Gasteiger partial charge in [0.05, 0.1) is 5.92 Å². The molecule has 0 aromatic rings. The van der Waals surface area contributed by atoms with E-state index in [1.165, 1.54) is 0 Å². The third kappa shape index (κ3) is 4.27. The summed E-state index contributed by atoms with van der Waals surface area (Å²) in [5.41, 5.74) is -1.80. The first-order valence-electron chi connectivity index (χ1n) is 8.85. The molecule has 1 rings (SSSR count). The molecule has 0 aliphatic heterocycles. The Morgan fingerprint density at radius 3 is 2.20 bits per heavy atom. The van der Waals surface area contributed by atoms with Crippen LogP contribution >= 0.6 is 0 Å². The summed E-state index contributed by atoms with van der Waals surface area (Å²) >= 11 is 0. The van der Waals surface area contributed by atoms with Crippen LogP contribution < -0.4 is 0 Å². The van der Waals surface area contributed by atoms with Crippen LogP contribution in [0, 0.1) is 17.8 Å². The number of carbonyl (C=O) groups excluding carboxylic acids is 3. The molecule has 0 bridgehead atoms. The van der Waals surface area contributed by atoms with Gasteiger partial charge in [-0.3, -0.25) is 14.4 Å². The van der Waals surface area contributed by atoms with E-state index in [0.29, 0.717) is 6.42 Å². The third-order valence-corrected chi connectivity index (χ3v) is 4.57. The zero-order valence-electron chi connectivity index (χ0n) is 16.0. The highest BCUT2D eigenvalue weighted by atomic mass is 16.3. The zero-order chi connectivity index (χ0) is 19.5. The van der Waals surface area contributed by atoms with Crippen molar-refractivity contribution in [1.82, 2.24) is 0 Å². The fraction of sp³-hybridized carbons (Fsp3) is 0.650. The maximum absolute atomic E-state index is 12.8. The Morgan fingerprint density at radius 2 is 1.76 bits per heavy atom. The monoisotopic (exact) mass is 350 g/mol. The lowest BCUT2D eigenvalue weighted by Gasteiger charge is -2.28. The molecule has 1 aliphatic carbocycles. The van der Waals surface area contributed by atoms with Crippen molar-refractivity contribution in [2.24, 2.45) is 17.8 Å². The molecule has 0 aromatic heterocycles. The normalized spacial score (nSPS) is 23.6. The van der Waals surface area contributed by atoms with Gasteiger partial charge in [0.2, 0.25) is 0 Å². The van der Waals surface area contributed by atoms with Crippen molar-refractivity contribution in [3.63, 3.8) is 0 Å². The van der Waals surface area contributed by atoms with Crippen molar-refractivity contribution in [3.05, 3.63) is 23.0 Å². The van der Waals surface area contributed by atoms with Gasteiger partial charge in [0.1, 0.15) is 11.3 Å². The van der Waals surface area contributed by atoms with Crippen molar-refractivity contribution in [3.8, 4) is 0 Å². The number of aliphatic hydroxyl groups excluding tert-OH is 1. The van der Waals surface area contributed by atoms with E-state index in [-0.39, 0.29) is 18.8 Å². The molecule has 0 fully saturated rings. The van der Waals surface area contributed by atoms with E-state index >= 15 is 0 Å². The number of Topliss-reactive ketones (excluding diaryl/α,β-unsaturated/α-hetero) is 3. The Labute approximate surface area is 149 Å². The molecule has 2 N–H and O–H groups in total. The van der Waals surface area contributed by atoms with Crippen LogP contribution in [0.15, 0.2) is 23.0 Å². The Morgan fingerprint density at radius 1 is 1.20 bits per heavy atom. The predicted octanol–water partition coefficient (Wildman–Crippen LogP) is 3.32. The molecule has 0 radical (unpaired) electrons. The minimum Gasteiger partial charge on any atom is -0.508 e. The van der Waals surface area contributed by atoms with Crippen molar-refractivity contribution >= 4 is 17.3 Å². The standard InChI is InChI=1S/C20H30O5/c1-11(2)7-9-14-18(23)16(17(22)13(5)6)19(24)20(14,25)15(21)10-8-12(3)4/h7,12-14,24-25H,8-10H2,1-6H3/t14-,20-/m0/s1. The summed E-state index contributed by atoms with van der Waals surface area (Å²) in [5, 5.41) is 21.5. The molecule has 0 saturated heterocycles. The molecule has 0 saturated carbocycles. The Bertz CT molecular complexity index is 620. The lowest BCUT2D eigenvalue weighted by molar-refractivity contribution is -0.145. The first-order chi connectivity index (χ1) is 11.4. The van der Waals surface area contributed by atoms with Gasteiger partial charge in [-0.2, -0.15) is 0 Å². The highest BCUT2D eigenvalue weighted by Crippen LogP contribution is 2.42. The van der Waals surface area contributed by atoms with Gasteiger partial charge in [-0.05, 0) is 32.6 Å². The molecule has 0 amide bonds. The lowest BCUT2D eigenvalue weighted by atomic mass is 9.80. The van der Waals surface area contributed by atoms with Crippen LogP contribution in [0.25, 0.3) is 0 Å². The quantitative estimate of drug-likeness (QED) is 0.517. The van der Waals surface area contributed by atoms with Gasteiger partial charge in [-0.1, -0.05) is 39.3 Å². The number of carbonyl (C=O) groups is 3. The topological polar surface area (TPSA) is 91.7 Å². The van der Waals surface area contributed by atoms with Gasteiger partial charge in [-0.25, -0.2) is 0 Å². The fourth-order valence-corrected chi connectivity index (χ4v) is 2.93. The molecule has 0 aromatic carbocycles. The lowest BCUT2D eigenvalue weighted by Crippen LogP contribution is -2.46. The van der Waals surface area contributed by atoms with Crippen LogP contribution in [0.3, 0.4) is 0 Å². The second-order valence-electron chi connectivity index (χ2n) is 7.80. The average molecular weight is 350 g/mol. The second-order valence-corrected chi connectivity index (χ2v) is 7.80. The molecule has 1 aliphatic rings. The first kappa shape index (κ1) is 21.3. The molecule has 140 valence electrons. The highest BCUT2D eigenvalue weighted by Gasteiger charge is 2.58. The molecule has 5 nitrogen and oxygen atoms in total.